The maximum absolute atomic E-state index is 5.76. The molecule has 0 aromatic carbocycles. The zero-order chi connectivity index (χ0) is 11.8. The molecule has 0 unspecified atom stereocenters. The smallest absolute Gasteiger partial charge is 0.188 e. The molecule has 1 saturated carbocycles. The van der Waals surface area contributed by atoms with E-state index in [4.69, 9.17) is 5.73 Å². The largest absolute Gasteiger partial charge is 0.326 e. The molecule has 3 rings (SSSR count). The van der Waals surface area contributed by atoms with Gasteiger partial charge in [0.1, 0.15) is 0 Å². The molecule has 2 aromatic heterocycles. The fourth-order valence-corrected chi connectivity index (χ4v) is 2.76. The molecule has 4 nitrogen and oxygen atoms in total. The topological polar surface area (TPSA) is 64.7 Å². The van der Waals surface area contributed by atoms with Crippen LogP contribution >= 0.6 is 11.3 Å². The van der Waals surface area contributed by atoms with E-state index in [0.29, 0.717) is 18.3 Å². The van der Waals surface area contributed by atoms with Crippen molar-refractivity contribution in [3.05, 3.63) is 28.5 Å². The van der Waals surface area contributed by atoms with Crippen LogP contribution in [0.3, 0.4) is 0 Å². The highest BCUT2D eigenvalue weighted by atomic mass is 32.1. The summed E-state index contributed by atoms with van der Waals surface area (Å²) in [6.07, 6.45) is 6.13. The molecule has 1 aliphatic rings. The molecule has 2 N–H and O–H groups in total. The van der Waals surface area contributed by atoms with Crippen LogP contribution in [-0.4, -0.2) is 15.0 Å². The van der Waals surface area contributed by atoms with E-state index >= 15 is 0 Å². The number of nitrogens with zero attached hydrogens (tertiary/aromatic N) is 3. The van der Waals surface area contributed by atoms with Crippen LogP contribution in [0, 0.1) is 6.92 Å². The molecule has 2 heterocycles. The number of hydrogen-bond acceptors (Lipinski definition) is 5. The Morgan fingerprint density at radius 2 is 2.06 bits per heavy atom. The first-order valence-corrected chi connectivity index (χ1v) is 6.58. The number of rotatable bonds is 3. The van der Waals surface area contributed by atoms with Gasteiger partial charge in [-0.05, 0) is 25.3 Å². The summed E-state index contributed by atoms with van der Waals surface area (Å²) in [6, 6.07) is 0. The number of thiazole rings is 1. The molecule has 88 valence electrons. The summed E-state index contributed by atoms with van der Waals surface area (Å²) in [5.41, 5.74) is 8.00. The lowest BCUT2D eigenvalue weighted by Crippen LogP contribution is -1.96. The van der Waals surface area contributed by atoms with Gasteiger partial charge in [-0.15, -0.1) is 11.3 Å². The molecule has 5 heteroatoms. The molecule has 1 aliphatic carbocycles. The summed E-state index contributed by atoms with van der Waals surface area (Å²) >= 11 is 1.63. The van der Waals surface area contributed by atoms with Crippen LogP contribution in [-0.2, 0) is 6.54 Å². The van der Waals surface area contributed by atoms with Crippen LogP contribution in [0.1, 0.15) is 34.9 Å². The average molecular weight is 246 g/mol. The molecular weight excluding hydrogens is 232 g/mol. The highest BCUT2D eigenvalue weighted by Gasteiger charge is 2.29. The van der Waals surface area contributed by atoms with Gasteiger partial charge in [-0.25, -0.2) is 15.0 Å². The summed E-state index contributed by atoms with van der Waals surface area (Å²) < 4.78 is 0. The maximum Gasteiger partial charge on any atom is 0.188 e. The van der Waals surface area contributed by atoms with E-state index in [-0.39, 0.29) is 0 Å². The minimum atomic E-state index is 0.565. The molecule has 0 atom stereocenters. The molecular formula is C12H14N4S. The minimum Gasteiger partial charge on any atom is -0.326 e. The van der Waals surface area contributed by atoms with E-state index in [0.717, 1.165) is 10.6 Å². The summed E-state index contributed by atoms with van der Waals surface area (Å²) in [4.78, 5) is 14.5. The van der Waals surface area contributed by atoms with Gasteiger partial charge in [-0.1, -0.05) is 0 Å². The SMILES string of the molecule is Cc1cnc(-c2nc(C3CC3)c(CN)s2)nc1. The second-order valence-electron chi connectivity index (χ2n) is 4.39. The van der Waals surface area contributed by atoms with Crippen LogP contribution in [0.15, 0.2) is 12.4 Å². The Balaban J connectivity index is 2.00. The van der Waals surface area contributed by atoms with Gasteiger partial charge < -0.3 is 5.73 Å². The minimum absolute atomic E-state index is 0.565. The van der Waals surface area contributed by atoms with E-state index in [1.807, 2.05) is 19.3 Å². The van der Waals surface area contributed by atoms with Crippen molar-refractivity contribution in [2.75, 3.05) is 0 Å². The third-order valence-electron chi connectivity index (χ3n) is 2.85. The van der Waals surface area contributed by atoms with Gasteiger partial charge in [-0.3, -0.25) is 0 Å². The van der Waals surface area contributed by atoms with Gasteiger partial charge in [0.05, 0.1) is 5.69 Å². The van der Waals surface area contributed by atoms with E-state index in [1.165, 1.54) is 23.4 Å². The molecule has 0 radical (unpaired) electrons. The van der Waals surface area contributed by atoms with Gasteiger partial charge >= 0.3 is 0 Å². The Bertz CT molecular complexity index is 528. The lowest BCUT2D eigenvalue weighted by Gasteiger charge is -1.94. The number of nitrogens with two attached hydrogens (primary N) is 1. The van der Waals surface area contributed by atoms with Gasteiger partial charge in [0, 0.05) is 29.7 Å². The standard InChI is InChI=1S/C12H14N4S/c1-7-5-14-11(15-6-7)12-16-10(8-2-3-8)9(4-13)17-12/h5-6,8H,2-4,13H2,1H3. The summed E-state index contributed by atoms with van der Waals surface area (Å²) in [7, 11) is 0. The van der Waals surface area contributed by atoms with Crippen LogP contribution in [0.5, 0.6) is 0 Å². The number of aryl methyl sites for hydroxylation is 1. The maximum atomic E-state index is 5.76. The Morgan fingerprint density at radius 3 is 2.65 bits per heavy atom. The first kappa shape index (κ1) is 10.8. The fourth-order valence-electron chi connectivity index (χ4n) is 1.78. The van der Waals surface area contributed by atoms with E-state index in [1.54, 1.807) is 11.3 Å². The summed E-state index contributed by atoms with van der Waals surface area (Å²) in [5, 5.41) is 0.896. The highest BCUT2D eigenvalue weighted by molar-refractivity contribution is 7.15. The highest BCUT2D eigenvalue weighted by Crippen LogP contribution is 2.43. The molecule has 17 heavy (non-hydrogen) atoms. The Hall–Kier alpha value is -1.33. The Morgan fingerprint density at radius 1 is 1.35 bits per heavy atom. The monoisotopic (exact) mass is 246 g/mol. The average Bonchev–Trinajstić information content (AvgIpc) is 3.10. The first-order valence-electron chi connectivity index (χ1n) is 5.76. The van der Waals surface area contributed by atoms with Crippen molar-refractivity contribution in [3.8, 4) is 10.8 Å². The molecule has 0 bridgehead atoms. The molecule has 1 fully saturated rings. The number of hydrogen-bond donors (Lipinski definition) is 1. The van der Waals surface area contributed by atoms with Crippen molar-refractivity contribution < 1.29 is 0 Å². The van der Waals surface area contributed by atoms with Crippen LogP contribution in [0.25, 0.3) is 10.8 Å². The van der Waals surface area contributed by atoms with Crippen molar-refractivity contribution in [2.45, 2.75) is 32.2 Å². The van der Waals surface area contributed by atoms with Crippen molar-refractivity contribution in [2.24, 2.45) is 5.73 Å². The van der Waals surface area contributed by atoms with Gasteiger partial charge in [0.25, 0.3) is 0 Å². The van der Waals surface area contributed by atoms with Crippen LogP contribution in [0.2, 0.25) is 0 Å². The quantitative estimate of drug-likeness (QED) is 0.902. The van der Waals surface area contributed by atoms with Crippen molar-refractivity contribution >= 4 is 11.3 Å². The van der Waals surface area contributed by atoms with Crippen molar-refractivity contribution in [1.29, 1.82) is 0 Å². The second-order valence-corrected chi connectivity index (χ2v) is 5.47. The Labute approximate surface area is 104 Å². The van der Waals surface area contributed by atoms with E-state index in [2.05, 4.69) is 15.0 Å². The van der Waals surface area contributed by atoms with Crippen LogP contribution < -0.4 is 5.73 Å². The Kier molecular flexibility index (Phi) is 2.64. The lowest BCUT2D eigenvalue weighted by molar-refractivity contribution is 0.976. The molecule has 0 amide bonds. The zero-order valence-corrected chi connectivity index (χ0v) is 10.5. The summed E-state index contributed by atoms with van der Waals surface area (Å²) in [5.74, 6) is 1.34. The van der Waals surface area contributed by atoms with Gasteiger partial charge in [-0.2, -0.15) is 0 Å². The molecule has 2 aromatic rings. The predicted molar refractivity (Wildman–Crippen MR) is 67.7 cm³/mol. The van der Waals surface area contributed by atoms with E-state index < -0.39 is 0 Å². The van der Waals surface area contributed by atoms with Crippen molar-refractivity contribution in [3.63, 3.8) is 0 Å². The van der Waals surface area contributed by atoms with Crippen molar-refractivity contribution in [1.82, 2.24) is 15.0 Å². The lowest BCUT2D eigenvalue weighted by atomic mass is 10.2. The summed E-state index contributed by atoms with van der Waals surface area (Å²) in [6.45, 7) is 2.54. The van der Waals surface area contributed by atoms with Crippen LogP contribution in [0.4, 0.5) is 0 Å². The van der Waals surface area contributed by atoms with Gasteiger partial charge in [0.15, 0.2) is 10.8 Å². The molecule has 0 spiro atoms. The first-order chi connectivity index (χ1) is 8.28. The molecule has 0 aliphatic heterocycles. The third-order valence-corrected chi connectivity index (χ3v) is 3.94. The number of aromatic nitrogens is 3. The van der Waals surface area contributed by atoms with E-state index in [9.17, 15) is 0 Å². The van der Waals surface area contributed by atoms with Gasteiger partial charge in [0.2, 0.25) is 0 Å². The third kappa shape index (κ3) is 2.08. The fraction of sp³-hybridized carbons (Fsp3) is 0.417. The zero-order valence-electron chi connectivity index (χ0n) is 9.68. The predicted octanol–water partition coefficient (Wildman–Crippen LogP) is 2.24. The molecule has 0 saturated heterocycles. The normalized spacial score (nSPS) is 15.2. The second kappa shape index (κ2) is 4.16.